The molecule has 2 aliphatic rings. The van der Waals surface area contributed by atoms with Gasteiger partial charge in [0.25, 0.3) is 0 Å². The average Bonchev–Trinajstić information content (AvgIpc) is 2.87. The molecule has 1 heterocycles. The largest absolute Gasteiger partial charge is 0.511 e. The summed E-state index contributed by atoms with van der Waals surface area (Å²) in [6, 6.07) is 0. The molecule has 0 amide bonds. The van der Waals surface area contributed by atoms with Crippen molar-refractivity contribution in [3.8, 4) is 0 Å². The normalized spacial score (nSPS) is 25.9. The number of methoxy groups -OCH3 is 1. The summed E-state index contributed by atoms with van der Waals surface area (Å²) in [5.41, 5.74) is 0.303. The van der Waals surface area contributed by atoms with E-state index in [9.17, 15) is 9.90 Å². The molecule has 0 aromatic heterocycles. The van der Waals surface area contributed by atoms with Crippen molar-refractivity contribution in [1.82, 2.24) is 0 Å². The van der Waals surface area contributed by atoms with Gasteiger partial charge in [-0.25, -0.2) is 4.79 Å². The molecule has 1 saturated heterocycles. The minimum atomic E-state index is -0.742. The minimum Gasteiger partial charge on any atom is -0.511 e. The SMILES string of the molecule is CCCCC1CC2(CC(C(=O)OC)=C1O)OCCO2. The van der Waals surface area contributed by atoms with Crippen LogP contribution in [0.2, 0.25) is 0 Å². The molecule has 2 rings (SSSR count). The molecule has 19 heavy (non-hydrogen) atoms. The third-order valence-electron chi connectivity index (χ3n) is 3.85. The Balaban J connectivity index is 2.23. The van der Waals surface area contributed by atoms with Crippen molar-refractivity contribution in [3.63, 3.8) is 0 Å². The second kappa shape index (κ2) is 5.92. The van der Waals surface area contributed by atoms with Crippen molar-refractivity contribution in [3.05, 3.63) is 11.3 Å². The lowest BCUT2D eigenvalue weighted by Crippen LogP contribution is -2.39. The van der Waals surface area contributed by atoms with E-state index in [1.54, 1.807) is 0 Å². The highest BCUT2D eigenvalue weighted by Crippen LogP contribution is 2.43. The van der Waals surface area contributed by atoms with E-state index in [1.165, 1.54) is 7.11 Å². The van der Waals surface area contributed by atoms with Gasteiger partial charge in [-0.15, -0.1) is 0 Å². The lowest BCUT2D eigenvalue weighted by Gasteiger charge is -2.36. The number of carbonyl (C=O) groups is 1. The van der Waals surface area contributed by atoms with Crippen LogP contribution in [-0.4, -0.2) is 37.2 Å². The van der Waals surface area contributed by atoms with Crippen LogP contribution >= 0.6 is 0 Å². The first-order valence-electron chi connectivity index (χ1n) is 6.90. The van der Waals surface area contributed by atoms with Crippen molar-refractivity contribution in [2.75, 3.05) is 20.3 Å². The Hall–Kier alpha value is -1.07. The van der Waals surface area contributed by atoms with Crippen LogP contribution in [-0.2, 0) is 19.0 Å². The van der Waals surface area contributed by atoms with Crippen molar-refractivity contribution < 1.29 is 24.1 Å². The molecule has 1 fully saturated rings. The van der Waals surface area contributed by atoms with Gasteiger partial charge in [0.05, 0.1) is 25.9 Å². The lowest BCUT2D eigenvalue weighted by molar-refractivity contribution is -0.178. The van der Waals surface area contributed by atoms with Crippen LogP contribution in [0.4, 0.5) is 0 Å². The Labute approximate surface area is 113 Å². The number of allylic oxidation sites excluding steroid dienone is 1. The third kappa shape index (κ3) is 2.92. The highest BCUT2D eigenvalue weighted by atomic mass is 16.7. The quantitative estimate of drug-likeness (QED) is 0.794. The van der Waals surface area contributed by atoms with Gasteiger partial charge >= 0.3 is 5.97 Å². The zero-order valence-corrected chi connectivity index (χ0v) is 11.6. The van der Waals surface area contributed by atoms with Crippen molar-refractivity contribution in [2.24, 2.45) is 5.92 Å². The minimum absolute atomic E-state index is 0.0825. The zero-order chi connectivity index (χ0) is 13.9. The van der Waals surface area contributed by atoms with Gasteiger partial charge in [-0.05, 0) is 6.42 Å². The standard InChI is InChI=1S/C14H22O5/c1-3-4-5-10-8-14(18-6-7-19-14)9-11(12(10)15)13(16)17-2/h10,15H,3-9H2,1-2H3. The topological polar surface area (TPSA) is 65.0 Å². The van der Waals surface area contributed by atoms with Crippen LogP contribution < -0.4 is 0 Å². The molecular formula is C14H22O5. The molecule has 1 aliphatic carbocycles. The number of aliphatic hydroxyl groups is 1. The van der Waals surface area contributed by atoms with Gasteiger partial charge in [0, 0.05) is 18.8 Å². The van der Waals surface area contributed by atoms with Gasteiger partial charge in [-0.3, -0.25) is 0 Å². The van der Waals surface area contributed by atoms with Gasteiger partial charge in [0.1, 0.15) is 5.76 Å². The number of hydrogen-bond donors (Lipinski definition) is 1. The third-order valence-corrected chi connectivity index (χ3v) is 3.85. The molecule has 1 atom stereocenters. The van der Waals surface area contributed by atoms with E-state index in [0.29, 0.717) is 25.2 Å². The molecule has 1 N–H and O–H groups in total. The second-order valence-electron chi connectivity index (χ2n) is 5.18. The molecule has 108 valence electrons. The predicted octanol–water partition coefficient (Wildman–Crippen LogP) is 2.31. The summed E-state index contributed by atoms with van der Waals surface area (Å²) in [5, 5.41) is 10.3. The summed E-state index contributed by atoms with van der Waals surface area (Å²) < 4.78 is 16.1. The number of carbonyl (C=O) groups excluding carboxylic acids is 1. The Morgan fingerprint density at radius 2 is 2.16 bits per heavy atom. The molecule has 5 heteroatoms. The first-order chi connectivity index (χ1) is 9.12. The Morgan fingerprint density at radius 1 is 1.47 bits per heavy atom. The van der Waals surface area contributed by atoms with E-state index >= 15 is 0 Å². The predicted molar refractivity (Wildman–Crippen MR) is 68.6 cm³/mol. The first-order valence-corrected chi connectivity index (χ1v) is 6.90. The molecule has 1 aliphatic heterocycles. The highest BCUT2D eigenvalue weighted by molar-refractivity contribution is 5.89. The molecule has 0 aromatic rings. The smallest absolute Gasteiger partial charge is 0.337 e. The summed E-state index contributed by atoms with van der Waals surface area (Å²) in [6.07, 6.45) is 3.76. The van der Waals surface area contributed by atoms with Crippen molar-refractivity contribution in [2.45, 2.75) is 44.8 Å². The Kier molecular flexibility index (Phi) is 4.47. The maximum Gasteiger partial charge on any atom is 0.337 e. The van der Waals surface area contributed by atoms with E-state index in [-0.39, 0.29) is 18.1 Å². The number of unbranched alkanes of at least 4 members (excludes halogenated alkanes) is 1. The summed E-state index contributed by atoms with van der Waals surface area (Å²) in [5.74, 6) is -1.16. The maximum atomic E-state index is 11.8. The van der Waals surface area contributed by atoms with Crippen molar-refractivity contribution >= 4 is 5.97 Å². The second-order valence-corrected chi connectivity index (χ2v) is 5.18. The molecule has 0 saturated carbocycles. The van der Waals surface area contributed by atoms with E-state index < -0.39 is 11.8 Å². The Morgan fingerprint density at radius 3 is 2.74 bits per heavy atom. The van der Waals surface area contributed by atoms with E-state index in [1.807, 2.05) is 0 Å². The first kappa shape index (κ1) is 14.3. The van der Waals surface area contributed by atoms with Crippen LogP contribution in [0.5, 0.6) is 0 Å². The fourth-order valence-corrected chi connectivity index (χ4v) is 2.86. The van der Waals surface area contributed by atoms with E-state index in [4.69, 9.17) is 14.2 Å². The van der Waals surface area contributed by atoms with E-state index in [2.05, 4.69) is 6.92 Å². The number of aliphatic hydroxyl groups excluding tert-OH is 1. The monoisotopic (exact) mass is 270 g/mol. The molecule has 0 bridgehead atoms. The summed E-state index contributed by atoms with van der Waals surface area (Å²) >= 11 is 0. The van der Waals surface area contributed by atoms with E-state index in [0.717, 1.165) is 19.3 Å². The van der Waals surface area contributed by atoms with Gasteiger partial charge in [-0.2, -0.15) is 0 Å². The average molecular weight is 270 g/mol. The van der Waals surface area contributed by atoms with Gasteiger partial charge in [-0.1, -0.05) is 19.8 Å². The fourth-order valence-electron chi connectivity index (χ4n) is 2.86. The molecule has 0 radical (unpaired) electrons. The van der Waals surface area contributed by atoms with Gasteiger partial charge in [0.2, 0.25) is 0 Å². The van der Waals surface area contributed by atoms with Crippen LogP contribution in [0.15, 0.2) is 11.3 Å². The number of esters is 1. The van der Waals surface area contributed by atoms with Crippen LogP contribution in [0.1, 0.15) is 39.0 Å². The highest BCUT2D eigenvalue weighted by Gasteiger charge is 2.46. The molecule has 1 spiro atoms. The van der Waals surface area contributed by atoms with Crippen molar-refractivity contribution in [1.29, 1.82) is 0 Å². The number of rotatable bonds is 4. The molecular weight excluding hydrogens is 248 g/mol. The maximum absolute atomic E-state index is 11.8. The van der Waals surface area contributed by atoms with Gasteiger partial charge < -0.3 is 19.3 Å². The Bertz CT molecular complexity index is 368. The molecule has 0 aromatic carbocycles. The summed E-state index contributed by atoms with van der Waals surface area (Å²) in [4.78, 5) is 11.8. The zero-order valence-electron chi connectivity index (χ0n) is 11.6. The number of ether oxygens (including phenoxy) is 3. The van der Waals surface area contributed by atoms with Crippen LogP contribution in [0, 0.1) is 5.92 Å². The lowest BCUT2D eigenvalue weighted by atomic mass is 9.81. The summed E-state index contributed by atoms with van der Waals surface area (Å²) in [6.45, 7) is 3.18. The fraction of sp³-hybridized carbons (Fsp3) is 0.786. The molecule has 5 nitrogen and oxygen atoms in total. The van der Waals surface area contributed by atoms with Crippen LogP contribution in [0.3, 0.4) is 0 Å². The summed E-state index contributed by atoms with van der Waals surface area (Å²) in [7, 11) is 1.32. The van der Waals surface area contributed by atoms with Gasteiger partial charge in [0.15, 0.2) is 5.79 Å². The molecule has 1 unspecified atom stereocenters. The van der Waals surface area contributed by atoms with Crippen LogP contribution in [0.25, 0.3) is 0 Å². The number of hydrogen-bond acceptors (Lipinski definition) is 5.